The van der Waals surface area contributed by atoms with E-state index in [-0.39, 0.29) is 11.4 Å². The van der Waals surface area contributed by atoms with Crippen LogP contribution in [0, 0.1) is 6.92 Å². The third-order valence-electron chi connectivity index (χ3n) is 4.49. The minimum Gasteiger partial charge on any atom is -0.350 e. The molecular weight excluding hydrogens is 316 g/mol. The van der Waals surface area contributed by atoms with Crippen molar-refractivity contribution in [2.75, 3.05) is 20.6 Å². The van der Waals surface area contributed by atoms with Crippen molar-refractivity contribution in [2.24, 2.45) is 0 Å². The van der Waals surface area contributed by atoms with Crippen LogP contribution in [0.5, 0.6) is 0 Å². The van der Waals surface area contributed by atoms with Gasteiger partial charge in [0.2, 0.25) is 0 Å². The fourth-order valence-electron chi connectivity index (χ4n) is 2.90. The average molecular weight is 339 g/mol. The van der Waals surface area contributed by atoms with Gasteiger partial charge in [-0.2, -0.15) is 0 Å². The Hall–Kier alpha value is -0.870. The lowest BCUT2D eigenvalue weighted by Crippen LogP contribution is -2.50. The second-order valence-corrected chi connectivity index (χ2v) is 6.83. The summed E-state index contributed by atoms with van der Waals surface area (Å²) in [4.78, 5) is 14.5. The van der Waals surface area contributed by atoms with E-state index >= 15 is 0 Å². The van der Waals surface area contributed by atoms with Gasteiger partial charge in [-0.15, -0.1) is 0 Å². The largest absolute Gasteiger partial charge is 0.350 e. The number of nitrogens with zero attached hydrogens (tertiary/aromatic N) is 1. The van der Waals surface area contributed by atoms with Crippen LogP contribution in [0.4, 0.5) is 0 Å². The van der Waals surface area contributed by atoms with Gasteiger partial charge in [0.1, 0.15) is 0 Å². The summed E-state index contributed by atoms with van der Waals surface area (Å²) in [6.07, 6.45) is 4.84. The second kappa shape index (κ2) is 6.27. The Balaban J connectivity index is 2.02. The molecule has 0 spiro atoms. The van der Waals surface area contributed by atoms with Gasteiger partial charge in [0, 0.05) is 22.1 Å². The van der Waals surface area contributed by atoms with Crippen molar-refractivity contribution in [1.82, 2.24) is 10.2 Å². The van der Waals surface area contributed by atoms with E-state index in [0.717, 1.165) is 35.0 Å². The first kappa shape index (κ1) is 15.5. The first-order chi connectivity index (χ1) is 9.44. The highest BCUT2D eigenvalue weighted by molar-refractivity contribution is 9.10. The van der Waals surface area contributed by atoms with E-state index in [2.05, 4.69) is 40.2 Å². The molecule has 1 fully saturated rings. The number of hydrogen-bond donors (Lipinski definition) is 1. The van der Waals surface area contributed by atoms with Crippen LogP contribution < -0.4 is 5.32 Å². The van der Waals surface area contributed by atoms with Crippen LogP contribution in [0.25, 0.3) is 0 Å². The number of benzene rings is 1. The SMILES string of the molecule is Cc1ccc(C(=O)NCC2(N(C)C)CCCC2)cc1Br. The first-order valence-corrected chi connectivity index (χ1v) is 7.96. The summed E-state index contributed by atoms with van der Waals surface area (Å²) in [5.41, 5.74) is 1.99. The highest BCUT2D eigenvalue weighted by Crippen LogP contribution is 2.33. The van der Waals surface area contributed by atoms with Crippen LogP contribution in [-0.2, 0) is 0 Å². The second-order valence-electron chi connectivity index (χ2n) is 5.97. The van der Waals surface area contributed by atoms with Crippen LogP contribution in [0.3, 0.4) is 0 Å². The molecule has 1 N–H and O–H groups in total. The number of carbonyl (C=O) groups excluding carboxylic acids is 1. The van der Waals surface area contributed by atoms with Gasteiger partial charge in [0.15, 0.2) is 0 Å². The number of halogens is 1. The Kier molecular flexibility index (Phi) is 4.86. The minimum absolute atomic E-state index is 0.0128. The van der Waals surface area contributed by atoms with Gasteiger partial charge in [0.25, 0.3) is 5.91 Å². The van der Waals surface area contributed by atoms with Gasteiger partial charge in [-0.25, -0.2) is 0 Å². The maximum absolute atomic E-state index is 12.3. The Labute approximate surface area is 129 Å². The third kappa shape index (κ3) is 3.23. The predicted molar refractivity (Wildman–Crippen MR) is 86.1 cm³/mol. The third-order valence-corrected chi connectivity index (χ3v) is 5.35. The Morgan fingerprint density at radius 2 is 2.00 bits per heavy atom. The molecule has 0 aliphatic heterocycles. The lowest BCUT2D eigenvalue weighted by molar-refractivity contribution is 0.0900. The van der Waals surface area contributed by atoms with Crippen LogP contribution in [-0.4, -0.2) is 37.0 Å². The fourth-order valence-corrected chi connectivity index (χ4v) is 3.27. The van der Waals surface area contributed by atoms with Crippen molar-refractivity contribution >= 4 is 21.8 Å². The molecule has 110 valence electrons. The highest BCUT2D eigenvalue weighted by Gasteiger charge is 2.36. The van der Waals surface area contributed by atoms with E-state index < -0.39 is 0 Å². The molecule has 1 amide bonds. The molecule has 0 unspecified atom stereocenters. The monoisotopic (exact) mass is 338 g/mol. The van der Waals surface area contributed by atoms with Gasteiger partial charge >= 0.3 is 0 Å². The summed E-state index contributed by atoms with van der Waals surface area (Å²) in [5.74, 6) is 0.0128. The number of hydrogen-bond acceptors (Lipinski definition) is 2. The predicted octanol–water partition coefficient (Wildman–Crippen LogP) is 3.36. The normalized spacial score (nSPS) is 17.4. The zero-order valence-electron chi connectivity index (χ0n) is 12.5. The molecule has 1 saturated carbocycles. The maximum Gasteiger partial charge on any atom is 0.251 e. The van der Waals surface area contributed by atoms with Crippen molar-refractivity contribution in [3.8, 4) is 0 Å². The van der Waals surface area contributed by atoms with Crippen molar-refractivity contribution in [3.05, 3.63) is 33.8 Å². The molecule has 0 aromatic heterocycles. The molecule has 0 atom stereocenters. The van der Waals surface area contributed by atoms with Crippen LogP contribution >= 0.6 is 15.9 Å². The van der Waals surface area contributed by atoms with Crippen molar-refractivity contribution < 1.29 is 4.79 Å². The summed E-state index contributed by atoms with van der Waals surface area (Å²) in [7, 11) is 4.22. The minimum atomic E-state index is 0.0128. The molecule has 0 heterocycles. The molecule has 0 bridgehead atoms. The number of rotatable bonds is 4. The van der Waals surface area contributed by atoms with Gasteiger partial charge in [-0.3, -0.25) is 4.79 Å². The Morgan fingerprint density at radius 1 is 1.35 bits per heavy atom. The lowest BCUT2D eigenvalue weighted by atomic mass is 9.96. The van der Waals surface area contributed by atoms with E-state index in [1.54, 1.807) is 0 Å². The Morgan fingerprint density at radius 3 is 2.55 bits per heavy atom. The molecule has 1 aliphatic rings. The summed E-state index contributed by atoms with van der Waals surface area (Å²) in [6, 6.07) is 5.74. The molecule has 0 radical (unpaired) electrons. The summed E-state index contributed by atoms with van der Waals surface area (Å²) in [5, 5.41) is 3.11. The molecule has 3 nitrogen and oxygen atoms in total. The van der Waals surface area contributed by atoms with E-state index in [0.29, 0.717) is 0 Å². The van der Waals surface area contributed by atoms with Crippen LogP contribution in [0.2, 0.25) is 0 Å². The molecule has 4 heteroatoms. The fraction of sp³-hybridized carbons (Fsp3) is 0.562. The molecule has 1 aromatic carbocycles. The van der Waals surface area contributed by atoms with Crippen molar-refractivity contribution in [2.45, 2.75) is 38.1 Å². The maximum atomic E-state index is 12.3. The highest BCUT2D eigenvalue weighted by atomic mass is 79.9. The summed E-state index contributed by atoms with van der Waals surface area (Å²) < 4.78 is 0.980. The van der Waals surface area contributed by atoms with Gasteiger partial charge in [-0.05, 0) is 51.6 Å². The summed E-state index contributed by atoms with van der Waals surface area (Å²) in [6.45, 7) is 2.75. The van der Waals surface area contributed by atoms with Gasteiger partial charge in [-0.1, -0.05) is 34.8 Å². The van der Waals surface area contributed by atoms with E-state index in [9.17, 15) is 4.79 Å². The average Bonchev–Trinajstić information content (AvgIpc) is 2.89. The first-order valence-electron chi connectivity index (χ1n) is 7.16. The molecule has 20 heavy (non-hydrogen) atoms. The number of amides is 1. The van der Waals surface area contributed by atoms with Crippen molar-refractivity contribution in [3.63, 3.8) is 0 Å². The Bertz CT molecular complexity index is 493. The van der Waals surface area contributed by atoms with E-state index in [1.165, 1.54) is 12.8 Å². The topological polar surface area (TPSA) is 32.3 Å². The molecule has 1 aliphatic carbocycles. The number of carbonyl (C=O) groups is 1. The van der Waals surface area contributed by atoms with Gasteiger partial charge in [0.05, 0.1) is 0 Å². The van der Waals surface area contributed by atoms with Crippen molar-refractivity contribution in [1.29, 1.82) is 0 Å². The molecular formula is C16H23BrN2O. The molecule has 1 aromatic rings. The van der Waals surface area contributed by atoms with Crippen LogP contribution in [0.1, 0.15) is 41.6 Å². The molecule has 2 rings (SSSR count). The zero-order valence-corrected chi connectivity index (χ0v) is 14.1. The molecule has 0 saturated heterocycles. The van der Waals surface area contributed by atoms with Crippen LogP contribution in [0.15, 0.2) is 22.7 Å². The summed E-state index contributed by atoms with van der Waals surface area (Å²) >= 11 is 3.48. The smallest absolute Gasteiger partial charge is 0.251 e. The lowest BCUT2D eigenvalue weighted by Gasteiger charge is -2.36. The standard InChI is InChI=1S/C16H23BrN2O/c1-12-6-7-13(10-14(12)17)15(20)18-11-16(19(2)3)8-4-5-9-16/h6-7,10H,4-5,8-9,11H2,1-3H3,(H,18,20). The van der Waals surface area contributed by atoms with E-state index in [1.807, 2.05) is 25.1 Å². The quantitative estimate of drug-likeness (QED) is 0.912. The van der Waals surface area contributed by atoms with E-state index in [4.69, 9.17) is 0 Å². The number of nitrogens with one attached hydrogen (secondary N) is 1. The number of aryl methyl sites for hydroxylation is 1. The van der Waals surface area contributed by atoms with Gasteiger partial charge < -0.3 is 10.2 Å². The number of likely N-dealkylation sites (N-methyl/N-ethyl adjacent to an activating group) is 1. The zero-order chi connectivity index (χ0) is 14.8.